The molecule has 19 heavy (non-hydrogen) atoms. The summed E-state index contributed by atoms with van der Waals surface area (Å²) in [4.78, 5) is 13.9. The first-order valence-corrected chi connectivity index (χ1v) is 6.07. The van der Waals surface area contributed by atoms with Crippen molar-refractivity contribution in [2.24, 2.45) is 5.73 Å². The van der Waals surface area contributed by atoms with Crippen molar-refractivity contribution in [3.05, 3.63) is 26.9 Å². The van der Waals surface area contributed by atoms with E-state index in [0.29, 0.717) is 0 Å². The molecule has 1 fully saturated rings. The summed E-state index contributed by atoms with van der Waals surface area (Å²) in [6.45, 7) is -0.436. The van der Waals surface area contributed by atoms with Crippen LogP contribution in [-0.2, 0) is 11.3 Å². The molecule has 0 radical (unpaired) electrons. The molecule has 1 saturated heterocycles. The Bertz CT molecular complexity index is 571. The van der Waals surface area contributed by atoms with E-state index < -0.39 is 36.7 Å². The predicted molar refractivity (Wildman–Crippen MR) is 66.8 cm³/mol. The van der Waals surface area contributed by atoms with Gasteiger partial charge in [0.2, 0.25) is 0 Å². The standard InChI is InChI=1S/C10H15N3O5S/c11-1-4-2-13(10(19)12-8(4)17)9-7(16)6(15)5(3-14)18-9/h2,5-7,9,14-16H,1,3,11H2,(H,12,17,19)/t5-,6?,7?,9-/m0/s1. The van der Waals surface area contributed by atoms with Gasteiger partial charge in [-0.3, -0.25) is 14.3 Å². The van der Waals surface area contributed by atoms with Crippen LogP contribution in [0.3, 0.4) is 0 Å². The van der Waals surface area contributed by atoms with Gasteiger partial charge < -0.3 is 25.8 Å². The van der Waals surface area contributed by atoms with Gasteiger partial charge in [0.1, 0.15) is 18.3 Å². The zero-order valence-corrected chi connectivity index (χ0v) is 10.7. The monoisotopic (exact) mass is 289 g/mol. The van der Waals surface area contributed by atoms with Crippen molar-refractivity contribution in [3.8, 4) is 0 Å². The molecule has 0 aromatic carbocycles. The van der Waals surface area contributed by atoms with Crippen molar-refractivity contribution in [2.75, 3.05) is 6.61 Å². The number of nitrogens with two attached hydrogens (primary N) is 1. The average Bonchev–Trinajstić information content (AvgIpc) is 2.67. The quantitative estimate of drug-likeness (QED) is 0.405. The van der Waals surface area contributed by atoms with Crippen molar-refractivity contribution < 1.29 is 20.1 Å². The van der Waals surface area contributed by atoms with Crippen molar-refractivity contribution >= 4 is 12.2 Å². The molecule has 106 valence electrons. The highest BCUT2D eigenvalue weighted by atomic mass is 32.1. The van der Waals surface area contributed by atoms with Crippen LogP contribution < -0.4 is 11.3 Å². The minimum absolute atomic E-state index is 0.000254. The summed E-state index contributed by atoms with van der Waals surface area (Å²) in [5.41, 5.74) is 5.29. The predicted octanol–water partition coefficient (Wildman–Crippen LogP) is -2.02. The van der Waals surface area contributed by atoms with Crippen LogP contribution in [0.1, 0.15) is 11.8 Å². The molecule has 2 unspecified atom stereocenters. The number of aliphatic hydroxyl groups excluding tert-OH is 3. The highest BCUT2D eigenvalue weighted by Crippen LogP contribution is 2.29. The fraction of sp³-hybridized carbons (Fsp3) is 0.600. The molecule has 6 N–H and O–H groups in total. The number of aromatic amines is 1. The Hall–Kier alpha value is -1.10. The van der Waals surface area contributed by atoms with Crippen LogP contribution in [0.15, 0.2) is 11.0 Å². The van der Waals surface area contributed by atoms with E-state index >= 15 is 0 Å². The molecule has 8 nitrogen and oxygen atoms in total. The second-order valence-corrected chi connectivity index (χ2v) is 4.64. The van der Waals surface area contributed by atoms with Gasteiger partial charge in [0.05, 0.1) is 6.61 Å². The molecule has 2 heterocycles. The van der Waals surface area contributed by atoms with Crippen LogP contribution in [0.5, 0.6) is 0 Å². The number of H-pyrrole nitrogens is 1. The summed E-state index contributed by atoms with van der Waals surface area (Å²) in [7, 11) is 0. The minimum Gasteiger partial charge on any atom is -0.394 e. The summed E-state index contributed by atoms with van der Waals surface area (Å²) in [6, 6.07) is 0. The topological polar surface area (TPSA) is 134 Å². The molecule has 2 rings (SSSR count). The normalized spacial score (nSPS) is 30.7. The van der Waals surface area contributed by atoms with Gasteiger partial charge >= 0.3 is 0 Å². The SMILES string of the molecule is NCc1cn([C@H]2O[C@@H](CO)C(O)C2O)c(=S)[nH]c1=O. The Labute approximate surface area is 113 Å². The van der Waals surface area contributed by atoms with E-state index in [1.807, 2.05) is 0 Å². The number of nitrogens with one attached hydrogen (secondary N) is 1. The lowest BCUT2D eigenvalue weighted by molar-refractivity contribution is -0.0542. The molecular formula is C10H15N3O5S. The lowest BCUT2D eigenvalue weighted by Gasteiger charge is -2.19. The molecule has 1 aliphatic heterocycles. The first-order chi connectivity index (χ1) is 8.99. The second-order valence-electron chi connectivity index (χ2n) is 4.25. The Morgan fingerprint density at radius 2 is 2.16 bits per heavy atom. The van der Waals surface area contributed by atoms with Gasteiger partial charge in [-0.15, -0.1) is 0 Å². The number of nitrogens with zero attached hydrogens (tertiary/aromatic N) is 1. The van der Waals surface area contributed by atoms with E-state index in [-0.39, 0.29) is 16.9 Å². The van der Waals surface area contributed by atoms with Gasteiger partial charge in [-0.1, -0.05) is 0 Å². The second kappa shape index (κ2) is 5.49. The molecule has 0 aliphatic carbocycles. The molecule has 1 aliphatic rings. The third-order valence-corrected chi connectivity index (χ3v) is 3.37. The Balaban J connectivity index is 2.43. The third kappa shape index (κ3) is 2.48. The Kier molecular flexibility index (Phi) is 4.13. The lowest BCUT2D eigenvalue weighted by Crippen LogP contribution is -2.33. The Morgan fingerprint density at radius 3 is 2.68 bits per heavy atom. The van der Waals surface area contributed by atoms with E-state index in [2.05, 4.69) is 4.98 Å². The van der Waals surface area contributed by atoms with Crippen LogP contribution in [0.2, 0.25) is 0 Å². The van der Waals surface area contributed by atoms with E-state index in [4.69, 9.17) is 27.8 Å². The number of hydrogen-bond acceptors (Lipinski definition) is 7. The lowest BCUT2D eigenvalue weighted by atomic mass is 10.1. The maximum absolute atomic E-state index is 11.5. The molecule has 0 spiro atoms. The molecule has 9 heteroatoms. The van der Waals surface area contributed by atoms with Crippen LogP contribution in [-0.4, -0.2) is 49.8 Å². The molecule has 0 saturated carbocycles. The molecular weight excluding hydrogens is 274 g/mol. The summed E-state index contributed by atoms with van der Waals surface area (Å²) in [5, 5.41) is 28.6. The minimum atomic E-state index is -1.26. The van der Waals surface area contributed by atoms with Gasteiger partial charge in [0.15, 0.2) is 11.0 Å². The van der Waals surface area contributed by atoms with Crippen molar-refractivity contribution in [3.63, 3.8) is 0 Å². The van der Waals surface area contributed by atoms with Gasteiger partial charge in [0, 0.05) is 18.3 Å². The molecule has 1 aromatic heterocycles. The fourth-order valence-electron chi connectivity index (χ4n) is 1.97. The van der Waals surface area contributed by atoms with E-state index in [9.17, 15) is 15.0 Å². The molecule has 1 aromatic rings. The van der Waals surface area contributed by atoms with Gasteiger partial charge in [0.25, 0.3) is 5.56 Å². The smallest absolute Gasteiger partial charge is 0.256 e. The summed E-state index contributed by atoms with van der Waals surface area (Å²) >= 11 is 4.98. The number of ether oxygens (including phenoxy) is 1. The van der Waals surface area contributed by atoms with Crippen molar-refractivity contribution in [1.29, 1.82) is 0 Å². The maximum Gasteiger partial charge on any atom is 0.256 e. The number of rotatable bonds is 3. The number of hydrogen-bond donors (Lipinski definition) is 5. The van der Waals surface area contributed by atoms with Crippen molar-refractivity contribution in [2.45, 2.75) is 31.1 Å². The molecule has 0 amide bonds. The largest absolute Gasteiger partial charge is 0.394 e. The summed E-state index contributed by atoms with van der Waals surface area (Å²) in [5.74, 6) is 0. The number of aliphatic hydroxyl groups is 3. The van der Waals surface area contributed by atoms with Crippen molar-refractivity contribution in [1.82, 2.24) is 9.55 Å². The van der Waals surface area contributed by atoms with Crippen LogP contribution >= 0.6 is 12.2 Å². The Morgan fingerprint density at radius 1 is 1.47 bits per heavy atom. The van der Waals surface area contributed by atoms with Gasteiger partial charge in [-0.2, -0.15) is 0 Å². The fourth-order valence-corrected chi connectivity index (χ4v) is 2.22. The maximum atomic E-state index is 11.5. The highest BCUT2D eigenvalue weighted by molar-refractivity contribution is 7.71. The zero-order valence-electron chi connectivity index (χ0n) is 9.89. The van der Waals surface area contributed by atoms with E-state index in [1.54, 1.807) is 0 Å². The average molecular weight is 289 g/mol. The van der Waals surface area contributed by atoms with Crippen LogP contribution in [0.4, 0.5) is 0 Å². The highest BCUT2D eigenvalue weighted by Gasteiger charge is 2.43. The third-order valence-electron chi connectivity index (χ3n) is 3.05. The van der Waals surface area contributed by atoms with E-state index in [1.165, 1.54) is 10.8 Å². The van der Waals surface area contributed by atoms with Gasteiger partial charge in [-0.25, -0.2) is 0 Å². The summed E-state index contributed by atoms with van der Waals surface area (Å²) < 4.78 is 6.67. The molecule has 4 atom stereocenters. The van der Waals surface area contributed by atoms with Gasteiger partial charge in [-0.05, 0) is 12.2 Å². The van der Waals surface area contributed by atoms with Crippen LogP contribution in [0, 0.1) is 4.77 Å². The zero-order chi connectivity index (χ0) is 14.2. The summed E-state index contributed by atoms with van der Waals surface area (Å²) in [6.07, 6.45) is -3.01. The first kappa shape index (κ1) is 14.3. The number of aromatic nitrogens is 2. The van der Waals surface area contributed by atoms with E-state index in [0.717, 1.165) is 0 Å². The first-order valence-electron chi connectivity index (χ1n) is 5.66. The molecule has 0 bridgehead atoms. The van der Waals surface area contributed by atoms with Crippen LogP contribution in [0.25, 0.3) is 0 Å².